The van der Waals surface area contributed by atoms with E-state index in [9.17, 15) is 4.79 Å². The Balaban J connectivity index is 0.00000144. The van der Waals surface area contributed by atoms with Gasteiger partial charge >= 0.3 is 0 Å². The third-order valence-electron chi connectivity index (χ3n) is 6.48. The molecule has 3 heterocycles. The van der Waals surface area contributed by atoms with E-state index < -0.39 is 0 Å². The zero-order valence-electron chi connectivity index (χ0n) is 18.2. The summed E-state index contributed by atoms with van der Waals surface area (Å²) in [5.41, 5.74) is 9.77. The predicted octanol–water partition coefficient (Wildman–Crippen LogP) is 6.46. The number of hydrogen-bond acceptors (Lipinski definition) is 2. The van der Waals surface area contributed by atoms with Crippen LogP contribution < -0.4 is 5.32 Å². The molecule has 30 heavy (non-hydrogen) atoms. The van der Waals surface area contributed by atoms with Crippen molar-refractivity contribution < 1.29 is 7.65 Å². The number of benzene rings is 1. The number of H-pyrrole nitrogens is 1. The van der Waals surface area contributed by atoms with E-state index in [-0.39, 0.29) is 14.3 Å². The van der Waals surface area contributed by atoms with E-state index in [1.807, 2.05) is 38.4 Å². The zero-order valence-corrected chi connectivity index (χ0v) is 18.2. The second kappa shape index (κ2) is 6.43. The quantitative estimate of drug-likeness (QED) is 0.518. The predicted molar refractivity (Wildman–Crippen MR) is 126 cm³/mol. The lowest BCUT2D eigenvalue weighted by Gasteiger charge is -2.22. The third kappa shape index (κ3) is 2.82. The van der Waals surface area contributed by atoms with Crippen LogP contribution in [0.5, 0.6) is 0 Å². The van der Waals surface area contributed by atoms with Gasteiger partial charge in [0.25, 0.3) is 5.91 Å². The molecule has 1 aliphatic carbocycles. The molecule has 0 radical (unpaired) electrons. The lowest BCUT2D eigenvalue weighted by Crippen LogP contribution is -2.32. The smallest absolute Gasteiger partial charge is 0.252 e. The largest absolute Gasteiger partial charge is 0.346 e. The molecular formula is C26H31N3O. The Morgan fingerprint density at radius 1 is 1.13 bits per heavy atom. The number of aromatic nitrogens is 2. The van der Waals surface area contributed by atoms with Crippen LogP contribution >= 0.6 is 0 Å². The molecule has 5 rings (SSSR count). The summed E-state index contributed by atoms with van der Waals surface area (Å²) in [6.07, 6.45) is 7.44. The molecule has 1 unspecified atom stereocenters. The molecule has 156 valence electrons. The van der Waals surface area contributed by atoms with Gasteiger partial charge in [-0.15, -0.1) is 0 Å². The van der Waals surface area contributed by atoms with E-state index in [1.54, 1.807) is 0 Å². The van der Waals surface area contributed by atoms with E-state index in [2.05, 4.69) is 49.3 Å². The fourth-order valence-electron chi connectivity index (χ4n) is 5.19. The molecular weight excluding hydrogens is 370 g/mol. The standard InChI is InChI=1S/C26H27N3O.2H2/c1-14-8-15(2)23(16(3)9-14)18-10-20-21(13-28-24(20)27-12-18)17-6-7-19-22(11-17)26(4,5)29-25(19)30;;/h6-8,10-14H,9H2,1-5H3,(H,27,28)(H,29,30);2*1H. The molecule has 2 aliphatic rings. The van der Waals surface area contributed by atoms with Gasteiger partial charge < -0.3 is 10.3 Å². The first-order chi connectivity index (χ1) is 14.2. The van der Waals surface area contributed by atoms with Gasteiger partial charge in [-0.2, -0.15) is 0 Å². The molecule has 0 bridgehead atoms. The summed E-state index contributed by atoms with van der Waals surface area (Å²) in [5.74, 6) is 0.583. The normalized spacial score (nSPS) is 20.4. The van der Waals surface area contributed by atoms with Crippen molar-refractivity contribution >= 4 is 22.5 Å². The van der Waals surface area contributed by atoms with Crippen LogP contribution in [0.2, 0.25) is 0 Å². The maximum absolute atomic E-state index is 12.3. The minimum Gasteiger partial charge on any atom is -0.346 e. The number of hydrogen-bond donors (Lipinski definition) is 2. The molecule has 1 amide bonds. The second-order valence-corrected chi connectivity index (χ2v) is 9.35. The van der Waals surface area contributed by atoms with Gasteiger partial charge in [-0.05, 0) is 80.5 Å². The van der Waals surface area contributed by atoms with Crippen LogP contribution in [0.15, 0.2) is 53.9 Å². The van der Waals surface area contributed by atoms with Crippen molar-refractivity contribution in [2.24, 2.45) is 5.92 Å². The fourth-order valence-corrected chi connectivity index (χ4v) is 5.19. The van der Waals surface area contributed by atoms with Crippen molar-refractivity contribution in [3.63, 3.8) is 0 Å². The van der Waals surface area contributed by atoms with Gasteiger partial charge in [0.15, 0.2) is 0 Å². The number of nitrogens with one attached hydrogen (secondary N) is 2. The Hall–Kier alpha value is -3.14. The second-order valence-electron chi connectivity index (χ2n) is 9.35. The van der Waals surface area contributed by atoms with Crippen LogP contribution in [0.1, 0.15) is 65.4 Å². The van der Waals surface area contributed by atoms with Crippen molar-refractivity contribution in [2.75, 3.05) is 0 Å². The summed E-state index contributed by atoms with van der Waals surface area (Å²) >= 11 is 0. The summed E-state index contributed by atoms with van der Waals surface area (Å²) in [4.78, 5) is 20.3. The van der Waals surface area contributed by atoms with Crippen molar-refractivity contribution in [1.82, 2.24) is 15.3 Å². The van der Waals surface area contributed by atoms with Crippen molar-refractivity contribution in [3.05, 3.63) is 70.6 Å². The molecule has 4 nitrogen and oxygen atoms in total. The minimum atomic E-state index is -0.361. The summed E-state index contributed by atoms with van der Waals surface area (Å²) in [6.45, 7) is 10.8. The minimum absolute atomic E-state index is 0. The van der Waals surface area contributed by atoms with Gasteiger partial charge in [-0.1, -0.05) is 24.6 Å². The van der Waals surface area contributed by atoms with Crippen LogP contribution in [0.4, 0.5) is 0 Å². The number of carbonyl (C=O) groups excluding carboxylic acids is 1. The number of nitrogens with zero attached hydrogens (tertiary/aromatic N) is 1. The number of amides is 1. The first-order valence-electron chi connectivity index (χ1n) is 10.6. The van der Waals surface area contributed by atoms with E-state index in [0.717, 1.165) is 39.7 Å². The summed E-state index contributed by atoms with van der Waals surface area (Å²) in [6, 6.07) is 8.36. The zero-order chi connectivity index (χ0) is 21.2. The maximum atomic E-state index is 12.3. The van der Waals surface area contributed by atoms with Crippen molar-refractivity contribution in [3.8, 4) is 11.1 Å². The fraction of sp³-hybridized carbons (Fsp3) is 0.308. The molecule has 3 aromatic rings. The maximum Gasteiger partial charge on any atom is 0.252 e. The van der Waals surface area contributed by atoms with Gasteiger partial charge in [0.2, 0.25) is 0 Å². The highest BCUT2D eigenvalue weighted by atomic mass is 16.2. The molecule has 1 atom stereocenters. The lowest BCUT2D eigenvalue weighted by molar-refractivity contribution is 0.0940. The Bertz CT molecular complexity index is 1280. The molecule has 0 fully saturated rings. The Labute approximate surface area is 180 Å². The van der Waals surface area contributed by atoms with E-state index in [4.69, 9.17) is 4.98 Å². The van der Waals surface area contributed by atoms with Crippen LogP contribution in [0, 0.1) is 5.92 Å². The van der Waals surface area contributed by atoms with Crippen LogP contribution in [0.3, 0.4) is 0 Å². The van der Waals surface area contributed by atoms with Crippen LogP contribution in [0.25, 0.3) is 27.7 Å². The van der Waals surface area contributed by atoms with Gasteiger partial charge in [-0.3, -0.25) is 4.79 Å². The first-order valence-corrected chi connectivity index (χ1v) is 10.6. The summed E-state index contributed by atoms with van der Waals surface area (Å²) < 4.78 is 0. The topological polar surface area (TPSA) is 57.8 Å². The molecule has 4 heteroatoms. The number of fused-ring (bicyclic) bond motifs is 2. The molecule has 1 aliphatic heterocycles. The van der Waals surface area contributed by atoms with Crippen LogP contribution in [-0.4, -0.2) is 15.9 Å². The molecule has 2 aromatic heterocycles. The Kier molecular flexibility index (Phi) is 4.04. The Morgan fingerprint density at radius 2 is 1.93 bits per heavy atom. The van der Waals surface area contributed by atoms with E-state index in [1.165, 1.54) is 22.3 Å². The highest BCUT2D eigenvalue weighted by Gasteiger charge is 2.35. The average molecular weight is 402 g/mol. The molecule has 0 spiro atoms. The lowest BCUT2D eigenvalue weighted by atomic mass is 9.83. The SMILES string of the molecule is CC1=CC(C)CC(C)=C1c1cnc2[nH]cc(-c3ccc4c(c3)C(C)(C)NC4=O)c2c1.[HH].[HH]. The van der Waals surface area contributed by atoms with Crippen molar-refractivity contribution in [2.45, 2.75) is 46.6 Å². The molecule has 0 saturated carbocycles. The highest BCUT2D eigenvalue weighted by Crippen LogP contribution is 2.39. The molecule has 1 aromatic carbocycles. The van der Waals surface area contributed by atoms with Gasteiger partial charge in [0.1, 0.15) is 5.65 Å². The molecule has 0 saturated heterocycles. The van der Waals surface area contributed by atoms with Gasteiger partial charge in [0, 0.05) is 37.3 Å². The number of pyridine rings is 1. The van der Waals surface area contributed by atoms with E-state index >= 15 is 0 Å². The monoisotopic (exact) mass is 401 g/mol. The van der Waals surface area contributed by atoms with E-state index in [0.29, 0.717) is 5.92 Å². The highest BCUT2D eigenvalue weighted by molar-refractivity contribution is 6.02. The summed E-state index contributed by atoms with van der Waals surface area (Å²) in [5, 5.41) is 4.17. The van der Waals surface area contributed by atoms with Gasteiger partial charge in [-0.25, -0.2) is 4.98 Å². The number of carbonyl (C=O) groups is 1. The average Bonchev–Trinajstić information content (AvgIpc) is 3.19. The number of allylic oxidation sites excluding steroid dienone is 4. The molecule has 2 N–H and O–H groups in total. The number of rotatable bonds is 2. The third-order valence-corrected chi connectivity index (χ3v) is 6.48. The summed E-state index contributed by atoms with van der Waals surface area (Å²) in [7, 11) is 0. The van der Waals surface area contributed by atoms with Crippen molar-refractivity contribution in [1.29, 1.82) is 0 Å². The van der Waals surface area contributed by atoms with Gasteiger partial charge in [0.05, 0.1) is 5.54 Å². The Morgan fingerprint density at radius 3 is 2.70 bits per heavy atom. The first kappa shape index (κ1) is 18.9. The number of aromatic amines is 1. The van der Waals surface area contributed by atoms with Crippen LogP contribution in [-0.2, 0) is 5.54 Å².